The fourth-order valence-electron chi connectivity index (χ4n) is 2.40. The van der Waals surface area contributed by atoms with Gasteiger partial charge in [0.2, 0.25) is 0 Å². The predicted molar refractivity (Wildman–Crippen MR) is 66.7 cm³/mol. The van der Waals surface area contributed by atoms with E-state index in [9.17, 15) is 13.2 Å². The minimum atomic E-state index is -4.43. The summed E-state index contributed by atoms with van der Waals surface area (Å²) in [5.41, 5.74) is -0.951. The maximum absolute atomic E-state index is 12.4. The molecule has 1 aromatic heterocycles. The molecule has 6 heteroatoms. The van der Waals surface area contributed by atoms with Crippen molar-refractivity contribution in [2.75, 3.05) is 5.32 Å². The second-order valence-corrected chi connectivity index (χ2v) is 5.26. The molecule has 0 radical (unpaired) electrons. The molecule has 2 rings (SSSR count). The van der Waals surface area contributed by atoms with Crippen molar-refractivity contribution in [2.24, 2.45) is 5.92 Å². The number of halogens is 3. The summed E-state index contributed by atoms with van der Waals surface area (Å²) in [4.78, 5) is 0. The number of aromatic nitrogens is 2. The average Bonchev–Trinajstić information content (AvgIpc) is 2.54. The quantitative estimate of drug-likeness (QED) is 0.831. The Kier molecular flexibility index (Phi) is 4.27. The molecule has 0 aliphatic heterocycles. The Hall–Kier alpha value is -1.33. The van der Waals surface area contributed by atoms with Crippen LogP contribution in [0.4, 0.5) is 19.0 Å². The number of nitrogens with zero attached hydrogens (tertiary/aromatic N) is 2. The highest BCUT2D eigenvalue weighted by Crippen LogP contribution is 2.28. The summed E-state index contributed by atoms with van der Waals surface area (Å²) < 4.78 is 37.1. The summed E-state index contributed by atoms with van der Waals surface area (Å²) in [7, 11) is 0. The van der Waals surface area contributed by atoms with E-state index in [1.165, 1.54) is 12.5 Å². The zero-order chi connectivity index (χ0) is 13.9. The normalized spacial score (nSPS) is 24.8. The molecular weight excluding hydrogens is 255 g/mol. The van der Waals surface area contributed by atoms with Crippen LogP contribution in [-0.2, 0) is 6.18 Å². The van der Waals surface area contributed by atoms with Crippen LogP contribution in [0.15, 0.2) is 12.1 Å². The van der Waals surface area contributed by atoms with E-state index in [1.54, 1.807) is 0 Å². The molecule has 1 aliphatic rings. The Morgan fingerprint density at radius 3 is 2.53 bits per heavy atom. The first-order valence-corrected chi connectivity index (χ1v) is 6.62. The van der Waals surface area contributed by atoms with Crippen LogP contribution in [0.5, 0.6) is 0 Å². The third-order valence-electron chi connectivity index (χ3n) is 3.56. The van der Waals surface area contributed by atoms with Crippen LogP contribution in [0.3, 0.4) is 0 Å². The van der Waals surface area contributed by atoms with E-state index in [2.05, 4.69) is 22.4 Å². The van der Waals surface area contributed by atoms with Crippen molar-refractivity contribution in [3.63, 3.8) is 0 Å². The van der Waals surface area contributed by atoms with Crippen LogP contribution < -0.4 is 5.32 Å². The maximum Gasteiger partial charge on any atom is 0.435 e. The minimum Gasteiger partial charge on any atom is -0.366 e. The Morgan fingerprint density at radius 1 is 1.11 bits per heavy atom. The molecule has 1 fully saturated rings. The largest absolute Gasteiger partial charge is 0.435 e. The smallest absolute Gasteiger partial charge is 0.366 e. The topological polar surface area (TPSA) is 37.8 Å². The summed E-state index contributed by atoms with van der Waals surface area (Å²) >= 11 is 0. The van der Waals surface area contributed by atoms with Crippen molar-refractivity contribution < 1.29 is 13.2 Å². The molecule has 0 amide bonds. The summed E-state index contributed by atoms with van der Waals surface area (Å²) in [6, 6.07) is 2.61. The van der Waals surface area contributed by atoms with Gasteiger partial charge in [-0.1, -0.05) is 19.8 Å². The van der Waals surface area contributed by atoms with E-state index in [0.29, 0.717) is 5.82 Å². The van der Waals surface area contributed by atoms with Gasteiger partial charge in [0.1, 0.15) is 5.82 Å². The van der Waals surface area contributed by atoms with Gasteiger partial charge >= 0.3 is 6.18 Å². The monoisotopic (exact) mass is 273 g/mol. The first kappa shape index (κ1) is 14.1. The lowest BCUT2D eigenvalue weighted by atomic mass is 10.0. The standard InChI is InChI=1S/C13H18F3N3/c1-9-3-2-4-10(6-5-9)17-12-8-7-11(18-19-12)13(14,15)16/h7-10H,2-6H2,1H3,(H,17,19). The van der Waals surface area contributed by atoms with Gasteiger partial charge < -0.3 is 5.32 Å². The number of rotatable bonds is 2. The van der Waals surface area contributed by atoms with Gasteiger partial charge in [0, 0.05) is 6.04 Å². The van der Waals surface area contributed by atoms with E-state index in [1.807, 2.05) is 0 Å². The maximum atomic E-state index is 12.4. The Labute approximate surface area is 110 Å². The van der Waals surface area contributed by atoms with Gasteiger partial charge in [0.15, 0.2) is 5.69 Å². The lowest BCUT2D eigenvalue weighted by Gasteiger charge is -2.16. The lowest BCUT2D eigenvalue weighted by molar-refractivity contribution is -0.141. The molecule has 2 unspecified atom stereocenters. The molecule has 106 valence electrons. The fraction of sp³-hybridized carbons (Fsp3) is 0.692. The molecule has 0 spiro atoms. The second kappa shape index (κ2) is 5.75. The first-order valence-electron chi connectivity index (χ1n) is 6.62. The van der Waals surface area contributed by atoms with Gasteiger partial charge in [-0.05, 0) is 37.3 Å². The molecule has 1 N–H and O–H groups in total. The first-order chi connectivity index (χ1) is 8.95. The van der Waals surface area contributed by atoms with Crippen molar-refractivity contribution in [2.45, 2.75) is 51.2 Å². The van der Waals surface area contributed by atoms with Crippen LogP contribution in [0.25, 0.3) is 0 Å². The third-order valence-corrected chi connectivity index (χ3v) is 3.56. The molecule has 3 nitrogen and oxygen atoms in total. The molecule has 0 bridgehead atoms. The van der Waals surface area contributed by atoms with Gasteiger partial charge in [-0.2, -0.15) is 13.2 Å². The zero-order valence-corrected chi connectivity index (χ0v) is 10.9. The zero-order valence-electron chi connectivity index (χ0n) is 10.9. The van der Waals surface area contributed by atoms with Crippen LogP contribution in [0.2, 0.25) is 0 Å². The SMILES string of the molecule is CC1CCCC(Nc2ccc(C(F)(F)F)nn2)CC1. The highest BCUT2D eigenvalue weighted by molar-refractivity contribution is 5.34. The number of alkyl halides is 3. The van der Waals surface area contributed by atoms with E-state index >= 15 is 0 Å². The van der Waals surface area contributed by atoms with Gasteiger partial charge in [0.25, 0.3) is 0 Å². The van der Waals surface area contributed by atoms with E-state index in [0.717, 1.165) is 37.7 Å². The molecule has 1 aliphatic carbocycles. The van der Waals surface area contributed by atoms with Gasteiger partial charge in [-0.3, -0.25) is 0 Å². The fourth-order valence-corrected chi connectivity index (χ4v) is 2.40. The third kappa shape index (κ3) is 4.08. The van der Waals surface area contributed by atoms with Crippen molar-refractivity contribution in [1.29, 1.82) is 0 Å². The molecule has 1 aromatic rings. The van der Waals surface area contributed by atoms with Crippen LogP contribution >= 0.6 is 0 Å². The minimum absolute atomic E-state index is 0.288. The molecule has 19 heavy (non-hydrogen) atoms. The molecule has 0 saturated heterocycles. The Balaban J connectivity index is 1.96. The second-order valence-electron chi connectivity index (χ2n) is 5.26. The lowest BCUT2D eigenvalue weighted by Crippen LogP contribution is -2.20. The van der Waals surface area contributed by atoms with Crippen molar-refractivity contribution >= 4 is 5.82 Å². The van der Waals surface area contributed by atoms with Crippen molar-refractivity contribution in [3.8, 4) is 0 Å². The summed E-state index contributed by atoms with van der Waals surface area (Å²) in [5.74, 6) is 1.15. The Morgan fingerprint density at radius 2 is 1.89 bits per heavy atom. The summed E-state index contributed by atoms with van der Waals surface area (Å²) in [5, 5.41) is 10.0. The molecule has 1 saturated carbocycles. The molecular formula is C13H18F3N3. The van der Waals surface area contributed by atoms with Crippen LogP contribution in [-0.4, -0.2) is 16.2 Å². The molecule has 1 heterocycles. The summed E-state index contributed by atoms with van der Waals surface area (Å²) in [6.07, 6.45) is 1.15. The van der Waals surface area contributed by atoms with E-state index in [4.69, 9.17) is 0 Å². The van der Waals surface area contributed by atoms with Gasteiger partial charge in [-0.25, -0.2) is 0 Å². The van der Waals surface area contributed by atoms with E-state index in [-0.39, 0.29) is 6.04 Å². The molecule has 2 atom stereocenters. The highest BCUT2D eigenvalue weighted by Gasteiger charge is 2.32. The predicted octanol–water partition coefficient (Wildman–Crippen LogP) is 3.88. The number of anilines is 1. The van der Waals surface area contributed by atoms with Crippen molar-refractivity contribution in [3.05, 3.63) is 17.8 Å². The van der Waals surface area contributed by atoms with Crippen LogP contribution in [0.1, 0.15) is 44.7 Å². The van der Waals surface area contributed by atoms with Crippen LogP contribution in [0, 0.1) is 5.92 Å². The van der Waals surface area contributed by atoms with Crippen molar-refractivity contribution in [1.82, 2.24) is 10.2 Å². The average molecular weight is 273 g/mol. The molecule has 0 aromatic carbocycles. The summed E-state index contributed by atoms with van der Waals surface area (Å²) in [6.45, 7) is 2.24. The Bertz CT molecular complexity index is 403. The number of nitrogens with one attached hydrogen (secondary N) is 1. The van der Waals surface area contributed by atoms with Gasteiger partial charge in [-0.15, -0.1) is 10.2 Å². The van der Waals surface area contributed by atoms with E-state index < -0.39 is 11.9 Å². The highest BCUT2D eigenvalue weighted by atomic mass is 19.4. The number of hydrogen-bond donors (Lipinski definition) is 1. The number of hydrogen-bond acceptors (Lipinski definition) is 3. The van der Waals surface area contributed by atoms with Gasteiger partial charge in [0.05, 0.1) is 0 Å².